The molecule has 70 valence electrons. The van der Waals surface area contributed by atoms with Crippen LogP contribution < -0.4 is 5.32 Å². The van der Waals surface area contributed by atoms with Crippen molar-refractivity contribution in [2.45, 2.75) is 19.1 Å². The predicted octanol–water partition coefficient (Wildman–Crippen LogP) is 1.13. The Morgan fingerprint density at radius 3 is 2.42 bits per heavy atom. The van der Waals surface area contributed by atoms with E-state index in [1.807, 2.05) is 5.32 Å². The van der Waals surface area contributed by atoms with Gasteiger partial charge in [-0.25, -0.2) is 4.79 Å². The number of hydrogen-bond acceptors (Lipinski definition) is 2. The lowest BCUT2D eigenvalue weighted by molar-refractivity contribution is -0.149. The van der Waals surface area contributed by atoms with Crippen LogP contribution in [0.25, 0.3) is 0 Å². The molecule has 1 unspecified atom stereocenters. The summed E-state index contributed by atoms with van der Waals surface area (Å²) in [5, 5.41) is 9.89. The van der Waals surface area contributed by atoms with E-state index >= 15 is 0 Å². The molecular weight excluding hydrogens is 175 g/mol. The molecule has 0 radical (unpaired) electrons. The Balaban J connectivity index is 3.87. The molecule has 0 rings (SSSR count). The minimum atomic E-state index is -4.36. The van der Waals surface area contributed by atoms with Crippen molar-refractivity contribution in [3.63, 3.8) is 0 Å². The highest BCUT2D eigenvalue weighted by molar-refractivity contribution is 5.79. The quantitative estimate of drug-likeness (QED) is 0.644. The molecule has 0 spiro atoms. The molecule has 0 aromatic carbocycles. The zero-order valence-electron chi connectivity index (χ0n) is 6.22. The summed E-state index contributed by atoms with van der Waals surface area (Å²) in [5.41, 5.74) is 0. The second-order valence-electron chi connectivity index (χ2n) is 2.10. The first-order valence-electron chi connectivity index (χ1n) is 3.06. The van der Waals surface area contributed by atoms with Crippen LogP contribution in [0.3, 0.4) is 0 Å². The van der Waals surface area contributed by atoms with Gasteiger partial charge in [-0.2, -0.15) is 13.2 Å². The largest absolute Gasteiger partial charge is 0.478 e. The Morgan fingerprint density at radius 2 is 2.08 bits per heavy atom. The van der Waals surface area contributed by atoms with E-state index in [0.29, 0.717) is 6.08 Å². The number of rotatable bonds is 3. The maximum absolute atomic E-state index is 11.7. The first-order valence-corrected chi connectivity index (χ1v) is 3.06. The zero-order chi connectivity index (χ0) is 9.78. The normalized spacial score (nSPS) is 14.7. The fourth-order valence-electron chi connectivity index (χ4n) is 0.358. The smallest absolute Gasteiger partial charge is 0.408 e. The van der Waals surface area contributed by atoms with E-state index in [9.17, 15) is 18.0 Å². The van der Waals surface area contributed by atoms with Crippen LogP contribution in [0, 0.1) is 0 Å². The van der Waals surface area contributed by atoms with Gasteiger partial charge in [-0.15, -0.1) is 0 Å². The van der Waals surface area contributed by atoms with Gasteiger partial charge in [0.1, 0.15) is 6.04 Å². The molecular formula is C6H8F3NO2. The summed E-state index contributed by atoms with van der Waals surface area (Å²) in [7, 11) is 0. The van der Waals surface area contributed by atoms with E-state index in [2.05, 4.69) is 0 Å². The van der Waals surface area contributed by atoms with E-state index in [1.165, 1.54) is 0 Å². The first kappa shape index (κ1) is 10.8. The number of nitrogens with one attached hydrogen (secondary N) is 1. The molecule has 0 saturated carbocycles. The van der Waals surface area contributed by atoms with Gasteiger partial charge in [0.15, 0.2) is 0 Å². The Hall–Kier alpha value is -1.20. The van der Waals surface area contributed by atoms with Gasteiger partial charge >= 0.3 is 12.1 Å². The summed E-state index contributed by atoms with van der Waals surface area (Å²) in [6, 6.07) is -1.74. The van der Waals surface area contributed by atoms with E-state index < -0.39 is 18.2 Å². The third-order valence-electron chi connectivity index (χ3n) is 1.06. The van der Waals surface area contributed by atoms with Crippen molar-refractivity contribution in [3.8, 4) is 0 Å². The molecule has 3 nitrogen and oxygen atoms in total. The lowest BCUT2D eigenvalue weighted by Gasteiger charge is -2.14. The summed E-state index contributed by atoms with van der Waals surface area (Å²) in [4.78, 5) is 9.82. The van der Waals surface area contributed by atoms with Gasteiger partial charge in [-0.1, -0.05) is 0 Å². The van der Waals surface area contributed by atoms with E-state index in [4.69, 9.17) is 5.11 Å². The Morgan fingerprint density at radius 1 is 1.58 bits per heavy atom. The number of carboxylic acid groups (broad SMARTS) is 1. The van der Waals surface area contributed by atoms with Crippen molar-refractivity contribution in [2.75, 3.05) is 0 Å². The summed E-state index contributed by atoms with van der Waals surface area (Å²) < 4.78 is 35.2. The van der Waals surface area contributed by atoms with Crippen LogP contribution in [0.15, 0.2) is 12.3 Å². The Bertz CT molecular complexity index is 188. The molecule has 0 amide bonds. The zero-order valence-corrected chi connectivity index (χ0v) is 6.22. The first-order chi connectivity index (χ1) is 5.34. The van der Waals surface area contributed by atoms with Gasteiger partial charge in [0.2, 0.25) is 0 Å². The predicted molar refractivity (Wildman–Crippen MR) is 35.4 cm³/mol. The van der Waals surface area contributed by atoms with Crippen LogP contribution in [-0.2, 0) is 4.79 Å². The molecule has 0 heterocycles. The molecule has 1 atom stereocenters. The number of alkyl halides is 3. The van der Waals surface area contributed by atoms with Crippen LogP contribution in [0.5, 0.6) is 0 Å². The third-order valence-corrected chi connectivity index (χ3v) is 1.06. The van der Waals surface area contributed by atoms with Gasteiger partial charge in [-0.3, -0.25) is 0 Å². The maximum Gasteiger partial charge on any atom is 0.408 e. The highest BCUT2D eigenvalue weighted by Crippen LogP contribution is 2.19. The number of carbonyl (C=O) groups is 1. The minimum absolute atomic E-state index is 0.599. The highest BCUT2D eigenvalue weighted by Gasteiger charge is 2.35. The second kappa shape index (κ2) is 3.99. The summed E-state index contributed by atoms with van der Waals surface area (Å²) in [5.74, 6) is -1.29. The summed E-state index contributed by atoms with van der Waals surface area (Å²) >= 11 is 0. The van der Waals surface area contributed by atoms with Gasteiger partial charge in [0.05, 0.1) is 0 Å². The fraction of sp³-hybridized carbons (Fsp3) is 0.500. The minimum Gasteiger partial charge on any atom is -0.478 e. The van der Waals surface area contributed by atoms with Gasteiger partial charge < -0.3 is 10.4 Å². The van der Waals surface area contributed by atoms with Crippen LogP contribution >= 0.6 is 0 Å². The van der Waals surface area contributed by atoms with Crippen molar-refractivity contribution in [3.05, 3.63) is 12.3 Å². The molecule has 0 fully saturated rings. The van der Waals surface area contributed by atoms with Crippen molar-refractivity contribution in [1.82, 2.24) is 5.32 Å². The standard InChI is InChI=1S/C6H8F3NO2/c1-4(6(7,8)9)10-3-2-5(11)12/h2-4,10H,1H3,(H,11,12)/b3-2+. The van der Waals surface area contributed by atoms with E-state index in [1.54, 1.807) is 0 Å². The lowest BCUT2D eigenvalue weighted by Crippen LogP contribution is -2.36. The number of carboxylic acids is 1. The van der Waals surface area contributed by atoms with Crippen LogP contribution in [0.1, 0.15) is 6.92 Å². The highest BCUT2D eigenvalue weighted by atomic mass is 19.4. The average Bonchev–Trinajstić information content (AvgIpc) is 1.84. The van der Waals surface area contributed by atoms with Crippen molar-refractivity contribution in [2.24, 2.45) is 0 Å². The van der Waals surface area contributed by atoms with Crippen LogP contribution in [0.2, 0.25) is 0 Å². The van der Waals surface area contributed by atoms with E-state index in [0.717, 1.165) is 13.1 Å². The Labute approximate surface area is 66.9 Å². The summed E-state index contributed by atoms with van der Waals surface area (Å²) in [6.07, 6.45) is -3.01. The molecule has 0 aromatic heterocycles. The molecule has 2 N–H and O–H groups in total. The lowest BCUT2D eigenvalue weighted by atomic mass is 10.3. The summed E-state index contributed by atoms with van der Waals surface area (Å²) in [6.45, 7) is 0.895. The Kier molecular flexibility index (Phi) is 3.59. The maximum atomic E-state index is 11.7. The average molecular weight is 183 g/mol. The van der Waals surface area contributed by atoms with Gasteiger partial charge in [0.25, 0.3) is 0 Å². The van der Waals surface area contributed by atoms with Crippen molar-refractivity contribution >= 4 is 5.97 Å². The van der Waals surface area contributed by atoms with E-state index in [-0.39, 0.29) is 0 Å². The molecule has 0 bridgehead atoms. The van der Waals surface area contributed by atoms with Crippen molar-refractivity contribution in [1.29, 1.82) is 0 Å². The number of hydrogen-bond donors (Lipinski definition) is 2. The molecule has 0 aliphatic carbocycles. The third kappa shape index (κ3) is 4.59. The van der Waals surface area contributed by atoms with Gasteiger partial charge in [-0.05, 0) is 6.92 Å². The van der Waals surface area contributed by atoms with Gasteiger partial charge in [0, 0.05) is 12.3 Å². The van der Waals surface area contributed by atoms with Crippen LogP contribution in [-0.4, -0.2) is 23.3 Å². The van der Waals surface area contributed by atoms with Crippen LogP contribution in [0.4, 0.5) is 13.2 Å². The molecule has 0 aliphatic heterocycles. The fourth-order valence-corrected chi connectivity index (χ4v) is 0.358. The molecule has 0 saturated heterocycles. The molecule has 6 heteroatoms. The second-order valence-corrected chi connectivity index (χ2v) is 2.10. The molecule has 0 aliphatic rings. The molecule has 12 heavy (non-hydrogen) atoms. The number of halogens is 3. The SMILES string of the molecule is CC(N/C=C/C(=O)O)C(F)(F)F. The van der Waals surface area contributed by atoms with Crippen molar-refractivity contribution < 1.29 is 23.1 Å². The topological polar surface area (TPSA) is 49.3 Å². The monoisotopic (exact) mass is 183 g/mol. The number of aliphatic carboxylic acids is 1. The molecule has 0 aromatic rings.